The molecule has 1 aromatic rings. The summed E-state index contributed by atoms with van der Waals surface area (Å²) in [5, 5.41) is 2.37. The van der Waals surface area contributed by atoms with Gasteiger partial charge in [-0.2, -0.15) is 0 Å². The van der Waals surface area contributed by atoms with Crippen molar-refractivity contribution < 1.29 is 31.4 Å². The lowest BCUT2D eigenvalue weighted by Crippen LogP contribution is -2.42. The lowest BCUT2D eigenvalue weighted by molar-refractivity contribution is -0.225. The minimum atomic E-state index is -2.18. The van der Waals surface area contributed by atoms with Gasteiger partial charge >= 0.3 is 0 Å². The summed E-state index contributed by atoms with van der Waals surface area (Å²) in [6.45, 7) is 3.73. The Bertz CT molecular complexity index is 594. The van der Waals surface area contributed by atoms with Crippen molar-refractivity contribution in [2.24, 2.45) is 5.92 Å². The van der Waals surface area contributed by atoms with Gasteiger partial charge in [0.1, 0.15) is 5.69 Å². The van der Waals surface area contributed by atoms with Gasteiger partial charge in [-0.15, -0.1) is 0 Å². The molecule has 0 aliphatic carbocycles. The molecule has 1 unspecified atom stereocenters. The van der Waals surface area contributed by atoms with Gasteiger partial charge in [-0.05, 0) is 13.3 Å². The van der Waals surface area contributed by atoms with Crippen LogP contribution in [0.1, 0.15) is 58.8 Å². The summed E-state index contributed by atoms with van der Waals surface area (Å²) in [4.78, 5) is 0. The highest BCUT2D eigenvalue weighted by Crippen LogP contribution is 2.31. The third kappa shape index (κ3) is 6.04. The van der Waals surface area contributed by atoms with E-state index in [0.29, 0.717) is 6.42 Å². The van der Waals surface area contributed by atoms with Crippen molar-refractivity contribution in [2.75, 3.05) is 26.1 Å². The molecule has 1 atom stereocenters. The topological polar surface area (TPSA) is 30.5 Å². The lowest BCUT2D eigenvalue weighted by Gasteiger charge is -2.35. The summed E-state index contributed by atoms with van der Waals surface area (Å²) >= 11 is 0. The second-order valence-electron chi connectivity index (χ2n) is 7.00. The van der Waals surface area contributed by atoms with Gasteiger partial charge in [-0.3, -0.25) is 0 Å². The number of halogens is 5. The Morgan fingerprint density at radius 3 is 1.75 bits per heavy atom. The molecule has 3 nitrogen and oxygen atoms in total. The Morgan fingerprint density at radius 2 is 1.25 bits per heavy atom. The van der Waals surface area contributed by atoms with Crippen LogP contribution in [0, 0.1) is 35.0 Å². The van der Waals surface area contributed by atoms with E-state index in [1.807, 2.05) is 0 Å². The first-order valence-corrected chi connectivity index (χ1v) is 9.59. The summed E-state index contributed by atoms with van der Waals surface area (Å²) in [6.07, 6.45) is 6.92. The number of methoxy groups -OCH3 is 2. The minimum Gasteiger partial charge on any atom is -0.380 e. The van der Waals surface area contributed by atoms with Crippen molar-refractivity contribution in [1.29, 1.82) is 0 Å². The van der Waals surface area contributed by atoms with Crippen molar-refractivity contribution in [3.63, 3.8) is 0 Å². The van der Waals surface area contributed by atoms with Crippen molar-refractivity contribution in [2.45, 2.75) is 64.6 Å². The number of hydrogen-bond donors (Lipinski definition) is 1. The van der Waals surface area contributed by atoms with Gasteiger partial charge in [0.05, 0.1) is 0 Å². The summed E-state index contributed by atoms with van der Waals surface area (Å²) < 4.78 is 78.6. The van der Waals surface area contributed by atoms with Crippen LogP contribution in [0.2, 0.25) is 0 Å². The van der Waals surface area contributed by atoms with E-state index in [-0.39, 0.29) is 12.5 Å². The number of anilines is 1. The van der Waals surface area contributed by atoms with Crippen molar-refractivity contribution in [3.05, 3.63) is 29.1 Å². The van der Waals surface area contributed by atoms with Crippen LogP contribution in [0.3, 0.4) is 0 Å². The van der Waals surface area contributed by atoms with Crippen molar-refractivity contribution in [1.82, 2.24) is 0 Å². The monoisotopic (exact) mass is 411 g/mol. The molecular formula is C20H30F5NO2. The molecule has 0 aliphatic heterocycles. The first-order chi connectivity index (χ1) is 13.2. The molecule has 1 N–H and O–H groups in total. The molecule has 0 heterocycles. The van der Waals surface area contributed by atoms with Crippen LogP contribution in [0.4, 0.5) is 27.6 Å². The Labute approximate surface area is 163 Å². The van der Waals surface area contributed by atoms with E-state index in [2.05, 4.69) is 12.2 Å². The zero-order valence-corrected chi connectivity index (χ0v) is 16.9. The SMILES string of the molecule is CCCCCCCCC(CNc1c(F)c(F)c(F)c(F)c1F)C(C)(OC)OC. The van der Waals surface area contributed by atoms with Gasteiger partial charge in [0.15, 0.2) is 29.1 Å². The van der Waals surface area contributed by atoms with Crippen LogP contribution in [-0.4, -0.2) is 26.6 Å². The van der Waals surface area contributed by atoms with Gasteiger partial charge in [0, 0.05) is 26.7 Å². The van der Waals surface area contributed by atoms with Crippen LogP contribution in [0.25, 0.3) is 0 Å². The maximum Gasteiger partial charge on any atom is 0.200 e. The fraction of sp³-hybridized carbons (Fsp3) is 0.700. The molecule has 0 radical (unpaired) electrons. The molecule has 1 aromatic carbocycles. The number of unbranched alkanes of at least 4 members (excludes halogenated alkanes) is 5. The molecule has 28 heavy (non-hydrogen) atoms. The molecular weight excluding hydrogens is 381 g/mol. The van der Waals surface area contributed by atoms with Crippen LogP contribution in [-0.2, 0) is 9.47 Å². The molecule has 0 bridgehead atoms. The highest BCUT2D eigenvalue weighted by atomic mass is 19.2. The molecule has 0 spiro atoms. The third-order valence-electron chi connectivity index (χ3n) is 5.19. The molecule has 162 valence electrons. The van der Waals surface area contributed by atoms with E-state index >= 15 is 0 Å². The minimum absolute atomic E-state index is 0.0779. The number of benzene rings is 1. The highest BCUT2D eigenvalue weighted by molar-refractivity contribution is 5.47. The van der Waals surface area contributed by atoms with Gasteiger partial charge in [0.2, 0.25) is 5.82 Å². The Kier molecular flexibility index (Phi) is 10.2. The first kappa shape index (κ1) is 24.6. The van der Waals surface area contributed by atoms with E-state index in [9.17, 15) is 22.0 Å². The summed E-state index contributed by atoms with van der Waals surface area (Å²) in [7, 11) is 2.88. The quantitative estimate of drug-likeness (QED) is 0.138. The Morgan fingerprint density at radius 1 is 0.786 bits per heavy atom. The number of ether oxygens (including phenoxy) is 2. The van der Waals surface area contributed by atoms with E-state index in [4.69, 9.17) is 9.47 Å². The lowest BCUT2D eigenvalue weighted by atomic mass is 9.92. The van der Waals surface area contributed by atoms with Gasteiger partial charge in [-0.25, -0.2) is 22.0 Å². The van der Waals surface area contributed by atoms with Gasteiger partial charge < -0.3 is 14.8 Å². The largest absolute Gasteiger partial charge is 0.380 e. The van der Waals surface area contributed by atoms with Crippen LogP contribution < -0.4 is 5.32 Å². The molecule has 0 amide bonds. The number of rotatable bonds is 13. The molecule has 0 fully saturated rings. The van der Waals surface area contributed by atoms with Gasteiger partial charge in [0.25, 0.3) is 0 Å². The van der Waals surface area contributed by atoms with E-state index < -0.39 is 40.6 Å². The molecule has 8 heteroatoms. The summed E-state index contributed by atoms with van der Waals surface area (Å²) in [5.74, 6) is -11.3. The van der Waals surface area contributed by atoms with Gasteiger partial charge in [-0.1, -0.05) is 45.4 Å². The van der Waals surface area contributed by atoms with E-state index in [1.165, 1.54) is 20.6 Å². The van der Waals surface area contributed by atoms with Crippen molar-refractivity contribution >= 4 is 5.69 Å². The second kappa shape index (κ2) is 11.6. The van der Waals surface area contributed by atoms with E-state index in [1.54, 1.807) is 6.92 Å². The normalized spacial score (nSPS) is 13.0. The smallest absolute Gasteiger partial charge is 0.200 e. The molecule has 0 saturated heterocycles. The van der Waals surface area contributed by atoms with Crippen LogP contribution in [0.5, 0.6) is 0 Å². The second-order valence-corrected chi connectivity index (χ2v) is 7.00. The first-order valence-electron chi connectivity index (χ1n) is 9.59. The molecule has 0 aromatic heterocycles. The van der Waals surface area contributed by atoms with E-state index in [0.717, 1.165) is 32.1 Å². The zero-order valence-electron chi connectivity index (χ0n) is 16.9. The standard InChI is InChI=1S/C20H30F5NO2/c1-5-6-7-8-9-10-11-13(20(2,27-3)28-4)12-26-19-17(24)15(22)14(21)16(23)18(19)25/h13,26H,5-12H2,1-4H3. The maximum atomic E-state index is 13.9. The average molecular weight is 411 g/mol. The molecule has 0 aliphatic rings. The third-order valence-corrected chi connectivity index (χ3v) is 5.19. The maximum absolute atomic E-state index is 13.9. The fourth-order valence-corrected chi connectivity index (χ4v) is 3.12. The number of nitrogens with one attached hydrogen (secondary N) is 1. The van der Waals surface area contributed by atoms with Crippen LogP contribution in [0.15, 0.2) is 0 Å². The fourth-order valence-electron chi connectivity index (χ4n) is 3.12. The number of hydrogen-bond acceptors (Lipinski definition) is 3. The van der Waals surface area contributed by atoms with Crippen molar-refractivity contribution in [3.8, 4) is 0 Å². The van der Waals surface area contributed by atoms with Crippen LogP contribution >= 0.6 is 0 Å². The predicted octanol–water partition coefficient (Wildman–Crippen LogP) is 6.17. The highest BCUT2D eigenvalue weighted by Gasteiger charge is 2.35. The average Bonchev–Trinajstić information content (AvgIpc) is 2.71. The Hall–Kier alpha value is -1.41. The molecule has 0 saturated carbocycles. The zero-order chi connectivity index (χ0) is 21.3. The molecule has 1 rings (SSSR count). The summed E-state index contributed by atoms with van der Waals surface area (Å²) in [6, 6.07) is 0. The predicted molar refractivity (Wildman–Crippen MR) is 98.6 cm³/mol. The summed E-state index contributed by atoms with van der Waals surface area (Å²) in [5.41, 5.74) is -1.04. The Balaban J connectivity index is 2.88.